The van der Waals surface area contributed by atoms with Crippen LogP contribution in [0.15, 0.2) is 48.5 Å². The molecule has 0 unspecified atom stereocenters. The molecule has 1 saturated heterocycles. The normalized spacial score (nSPS) is 14.0. The van der Waals surface area contributed by atoms with Crippen LogP contribution in [0.5, 0.6) is 0 Å². The molecule has 2 aromatic carbocycles. The van der Waals surface area contributed by atoms with Crippen molar-refractivity contribution in [1.82, 2.24) is 19.9 Å². The second kappa shape index (κ2) is 8.54. The smallest absolute Gasteiger partial charge is 0.239 e. The van der Waals surface area contributed by atoms with Crippen LogP contribution < -0.4 is 15.5 Å². The molecule has 0 aliphatic carbocycles. The number of nitrogens with one attached hydrogen (secondary N) is 2. The first-order chi connectivity index (χ1) is 16.0. The number of nitrogens with zero attached hydrogens (tertiary/aromatic N) is 4. The van der Waals surface area contributed by atoms with Crippen LogP contribution in [0.1, 0.15) is 23.4 Å². The number of rotatable bonds is 5. The quantitative estimate of drug-likeness (QED) is 0.496. The number of aromatic nitrogens is 3. The molecule has 1 fully saturated rings. The zero-order valence-corrected chi connectivity index (χ0v) is 18.8. The predicted octanol–water partition coefficient (Wildman–Crippen LogP) is 3.01. The molecule has 33 heavy (non-hydrogen) atoms. The Hall–Kier alpha value is -3.94. The van der Waals surface area contributed by atoms with E-state index in [4.69, 9.17) is 4.98 Å². The van der Waals surface area contributed by atoms with E-state index in [0.29, 0.717) is 25.9 Å². The summed E-state index contributed by atoms with van der Waals surface area (Å²) in [5.41, 5.74) is 6.45. The lowest BCUT2D eigenvalue weighted by Crippen LogP contribution is -2.47. The average Bonchev–Trinajstić information content (AvgIpc) is 3.18. The first-order valence-corrected chi connectivity index (χ1v) is 11.1. The minimum Gasteiger partial charge on any atom is -0.360 e. The highest BCUT2D eigenvalue weighted by atomic mass is 16.2. The van der Waals surface area contributed by atoms with Crippen LogP contribution in [0, 0.1) is 13.8 Å². The van der Waals surface area contributed by atoms with Crippen molar-refractivity contribution >= 4 is 39.7 Å². The van der Waals surface area contributed by atoms with E-state index in [1.807, 2.05) is 71.8 Å². The molecule has 0 radical (unpaired) electrons. The number of benzene rings is 2. The zero-order valence-electron chi connectivity index (χ0n) is 18.8. The molecule has 2 aromatic heterocycles. The number of hydrogen-bond donors (Lipinski definition) is 2. The number of carbonyl (C=O) groups excluding carboxylic acids is 2. The first kappa shape index (κ1) is 20.9. The van der Waals surface area contributed by atoms with Gasteiger partial charge in [-0.05, 0) is 62.2 Å². The van der Waals surface area contributed by atoms with Gasteiger partial charge in [-0.25, -0.2) is 9.50 Å². The molecule has 2 N–H and O–H groups in total. The van der Waals surface area contributed by atoms with E-state index in [-0.39, 0.29) is 11.8 Å². The number of hydrogen-bond acceptors (Lipinski definition) is 5. The number of amides is 2. The van der Waals surface area contributed by atoms with Crippen molar-refractivity contribution < 1.29 is 9.59 Å². The first-order valence-electron chi connectivity index (χ1n) is 11.1. The van der Waals surface area contributed by atoms with Crippen LogP contribution in [0.4, 0.5) is 11.4 Å². The molecule has 5 rings (SSSR count). The molecular formula is C25H26N6O2. The molecule has 0 bridgehead atoms. The summed E-state index contributed by atoms with van der Waals surface area (Å²) >= 11 is 0. The summed E-state index contributed by atoms with van der Waals surface area (Å²) in [6.07, 6.45) is 0.938. The van der Waals surface area contributed by atoms with Gasteiger partial charge in [0.25, 0.3) is 0 Å². The Balaban J connectivity index is 1.26. The van der Waals surface area contributed by atoms with Crippen molar-refractivity contribution in [2.24, 2.45) is 0 Å². The van der Waals surface area contributed by atoms with Gasteiger partial charge in [0.1, 0.15) is 0 Å². The highest BCUT2D eigenvalue weighted by Gasteiger charge is 2.17. The van der Waals surface area contributed by atoms with Crippen molar-refractivity contribution in [3.63, 3.8) is 0 Å². The Labute approximate surface area is 191 Å². The van der Waals surface area contributed by atoms with Crippen molar-refractivity contribution in [3.05, 3.63) is 65.5 Å². The second-order valence-electron chi connectivity index (χ2n) is 8.38. The van der Waals surface area contributed by atoms with E-state index in [1.54, 1.807) is 0 Å². The van der Waals surface area contributed by atoms with Crippen LogP contribution in [0.2, 0.25) is 0 Å². The van der Waals surface area contributed by atoms with E-state index < -0.39 is 0 Å². The Morgan fingerprint density at radius 1 is 1.12 bits per heavy atom. The van der Waals surface area contributed by atoms with E-state index in [0.717, 1.165) is 51.4 Å². The molecule has 0 spiro atoms. The maximum Gasteiger partial charge on any atom is 0.239 e. The van der Waals surface area contributed by atoms with Crippen molar-refractivity contribution in [1.29, 1.82) is 0 Å². The number of anilines is 2. The summed E-state index contributed by atoms with van der Waals surface area (Å²) in [7, 11) is 0. The van der Waals surface area contributed by atoms with E-state index in [1.165, 1.54) is 0 Å². The third kappa shape index (κ3) is 4.11. The van der Waals surface area contributed by atoms with Gasteiger partial charge in [-0.3, -0.25) is 9.59 Å². The van der Waals surface area contributed by atoms with Crippen molar-refractivity contribution in [2.75, 3.05) is 29.9 Å². The summed E-state index contributed by atoms with van der Waals surface area (Å²) in [6, 6.07) is 15.6. The maximum atomic E-state index is 12.6. The lowest BCUT2D eigenvalue weighted by atomic mass is 10.1. The van der Waals surface area contributed by atoms with Gasteiger partial charge in [0.05, 0.1) is 12.1 Å². The van der Waals surface area contributed by atoms with Gasteiger partial charge in [0, 0.05) is 47.7 Å². The predicted molar refractivity (Wildman–Crippen MR) is 129 cm³/mol. The van der Waals surface area contributed by atoms with Gasteiger partial charge in [-0.2, -0.15) is 5.10 Å². The zero-order chi connectivity index (χ0) is 22.9. The molecule has 8 heteroatoms. The fourth-order valence-corrected chi connectivity index (χ4v) is 4.41. The minimum absolute atomic E-state index is 0.0279. The number of piperazine rings is 1. The van der Waals surface area contributed by atoms with Crippen molar-refractivity contribution in [2.45, 2.75) is 26.7 Å². The average molecular weight is 443 g/mol. The summed E-state index contributed by atoms with van der Waals surface area (Å²) in [6.45, 7) is 5.79. The standard InChI is InChI=1S/C25H26N6O2/c1-16-20(17(2)31-25(27-16)21-5-3-4-6-22(21)29-31)11-12-23(32)28-18-7-9-19(10-8-18)30-14-13-26-24(33)15-30/h3-10H,11-15H2,1-2H3,(H,26,33)(H,28,32). The number of aryl methyl sites for hydroxylation is 2. The Kier molecular flexibility index (Phi) is 5.42. The highest BCUT2D eigenvalue weighted by Crippen LogP contribution is 2.23. The summed E-state index contributed by atoms with van der Waals surface area (Å²) in [4.78, 5) is 31.0. The molecule has 0 atom stereocenters. The molecule has 2 amide bonds. The van der Waals surface area contributed by atoms with Crippen LogP contribution in [0.25, 0.3) is 16.6 Å². The van der Waals surface area contributed by atoms with Crippen LogP contribution in [-0.2, 0) is 16.0 Å². The van der Waals surface area contributed by atoms with Crippen molar-refractivity contribution in [3.8, 4) is 0 Å². The molecule has 3 heterocycles. The van der Waals surface area contributed by atoms with Gasteiger partial charge >= 0.3 is 0 Å². The second-order valence-corrected chi connectivity index (χ2v) is 8.38. The van der Waals surface area contributed by atoms with Gasteiger partial charge in [-0.1, -0.05) is 12.1 Å². The van der Waals surface area contributed by atoms with Crippen LogP contribution >= 0.6 is 0 Å². The van der Waals surface area contributed by atoms with Crippen LogP contribution in [0.3, 0.4) is 0 Å². The third-order valence-corrected chi connectivity index (χ3v) is 6.17. The SMILES string of the molecule is Cc1nc2c3ccccc3nn2c(C)c1CCC(=O)Nc1ccc(N2CCNC(=O)C2)cc1. The highest BCUT2D eigenvalue weighted by molar-refractivity contribution is 5.93. The maximum absolute atomic E-state index is 12.6. The lowest BCUT2D eigenvalue weighted by Gasteiger charge is -2.28. The molecule has 1 aliphatic rings. The van der Waals surface area contributed by atoms with E-state index >= 15 is 0 Å². The molecule has 1 aliphatic heterocycles. The molecule has 168 valence electrons. The number of fused-ring (bicyclic) bond motifs is 3. The molecule has 0 saturated carbocycles. The van der Waals surface area contributed by atoms with Gasteiger partial charge < -0.3 is 15.5 Å². The number of carbonyl (C=O) groups is 2. The Bertz CT molecular complexity index is 1360. The largest absolute Gasteiger partial charge is 0.360 e. The fourth-order valence-electron chi connectivity index (χ4n) is 4.41. The van der Waals surface area contributed by atoms with Crippen LogP contribution in [-0.4, -0.2) is 46.0 Å². The fraction of sp³-hybridized carbons (Fsp3) is 0.280. The molecule has 4 aromatic rings. The van der Waals surface area contributed by atoms with Gasteiger partial charge in [0.2, 0.25) is 11.8 Å². The van der Waals surface area contributed by atoms with Gasteiger partial charge in [0.15, 0.2) is 5.65 Å². The summed E-state index contributed by atoms with van der Waals surface area (Å²) in [5, 5.41) is 11.5. The Morgan fingerprint density at radius 2 is 1.91 bits per heavy atom. The third-order valence-electron chi connectivity index (χ3n) is 6.17. The monoisotopic (exact) mass is 442 g/mol. The summed E-state index contributed by atoms with van der Waals surface area (Å²) < 4.78 is 1.88. The van der Waals surface area contributed by atoms with E-state index in [2.05, 4.69) is 15.7 Å². The topological polar surface area (TPSA) is 91.6 Å². The molecule has 8 nitrogen and oxygen atoms in total. The molecular weight excluding hydrogens is 416 g/mol. The Morgan fingerprint density at radius 3 is 2.70 bits per heavy atom. The van der Waals surface area contributed by atoms with E-state index in [9.17, 15) is 9.59 Å². The minimum atomic E-state index is -0.0513. The lowest BCUT2D eigenvalue weighted by molar-refractivity contribution is -0.120. The van der Waals surface area contributed by atoms with Gasteiger partial charge in [-0.15, -0.1) is 0 Å². The summed E-state index contributed by atoms with van der Waals surface area (Å²) in [5.74, 6) is -0.0234.